The van der Waals surface area contributed by atoms with Crippen LogP contribution in [0.1, 0.15) is 5.56 Å². The summed E-state index contributed by atoms with van der Waals surface area (Å²) < 4.78 is 46.6. The van der Waals surface area contributed by atoms with Crippen LogP contribution in [0.4, 0.5) is 18.9 Å². The summed E-state index contributed by atoms with van der Waals surface area (Å²) >= 11 is 0. The molecule has 2 aromatic carbocycles. The molecule has 0 radical (unpaired) electrons. The van der Waals surface area contributed by atoms with Gasteiger partial charge in [-0.3, -0.25) is 0 Å². The Hall–Kier alpha value is -2.37. The maximum atomic E-state index is 12.1. The molecule has 0 aliphatic heterocycles. The second kappa shape index (κ2) is 5.95. The molecule has 0 heterocycles. The van der Waals surface area contributed by atoms with Crippen LogP contribution in [0.5, 0.6) is 17.2 Å². The van der Waals surface area contributed by atoms with Crippen molar-refractivity contribution in [1.82, 2.24) is 0 Å². The van der Waals surface area contributed by atoms with Gasteiger partial charge in [-0.25, -0.2) is 0 Å². The SMILES string of the molecule is Cc1cc(N)ccc1Oc1cccc(OCC(F)(F)F)c1. The third-order valence-corrected chi connectivity index (χ3v) is 2.63. The molecule has 0 bridgehead atoms. The zero-order valence-electron chi connectivity index (χ0n) is 11.3. The Bertz CT molecular complexity index is 627. The maximum absolute atomic E-state index is 12.1. The number of aryl methyl sites for hydroxylation is 1. The Kier molecular flexibility index (Phi) is 4.26. The van der Waals surface area contributed by atoms with E-state index >= 15 is 0 Å². The van der Waals surface area contributed by atoms with Gasteiger partial charge in [0.25, 0.3) is 0 Å². The lowest BCUT2D eigenvalue weighted by Gasteiger charge is -2.12. The van der Waals surface area contributed by atoms with Crippen molar-refractivity contribution in [2.45, 2.75) is 13.1 Å². The van der Waals surface area contributed by atoms with E-state index in [0.29, 0.717) is 17.2 Å². The van der Waals surface area contributed by atoms with Gasteiger partial charge in [0.2, 0.25) is 0 Å². The summed E-state index contributed by atoms with van der Waals surface area (Å²) in [6.45, 7) is 0.493. The van der Waals surface area contributed by atoms with Crippen LogP contribution < -0.4 is 15.2 Å². The highest BCUT2D eigenvalue weighted by Crippen LogP contribution is 2.29. The van der Waals surface area contributed by atoms with E-state index in [1.807, 2.05) is 6.92 Å². The predicted octanol–water partition coefficient (Wildman–Crippen LogP) is 4.31. The average Bonchev–Trinajstić information content (AvgIpc) is 2.39. The molecule has 0 amide bonds. The third kappa shape index (κ3) is 4.59. The molecule has 0 saturated carbocycles. The van der Waals surface area contributed by atoms with Gasteiger partial charge in [-0.15, -0.1) is 0 Å². The molecule has 2 aromatic rings. The van der Waals surface area contributed by atoms with Gasteiger partial charge in [0.1, 0.15) is 17.2 Å². The van der Waals surface area contributed by atoms with Gasteiger partial charge < -0.3 is 15.2 Å². The van der Waals surface area contributed by atoms with E-state index in [-0.39, 0.29) is 5.75 Å². The second-order valence-electron chi connectivity index (χ2n) is 4.51. The van der Waals surface area contributed by atoms with E-state index in [2.05, 4.69) is 4.74 Å². The van der Waals surface area contributed by atoms with Gasteiger partial charge >= 0.3 is 6.18 Å². The molecular weight excluding hydrogens is 283 g/mol. The van der Waals surface area contributed by atoms with E-state index in [9.17, 15) is 13.2 Å². The van der Waals surface area contributed by atoms with Crippen molar-refractivity contribution in [2.75, 3.05) is 12.3 Å². The quantitative estimate of drug-likeness (QED) is 0.855. The number of hydrogen-bond donors (Lipinski definition) is 1. The van der Waals surface area contributed by atoms with Crippen LogP contribution in [0, 0.1) is 6.92 Å². The lowest BCUT2D eigenvalue weighted by Crippen LogP contribution is -2.19. The van der Waals surface area contributed by atoms with Crippen LogP contribution in [-0.2, 0) is 0 Å². The highest BCUT2D eigenvalue weighted by atomic mass is 19.4. The van der Waals surface area contributed by atoms with Crippen molar-refractivity contribution < 1.29 is 22.6 Å². The van der Waals surface area contributed by atoms with Gasteiger partial charge in [0.05, 0.1) is 0 Å². The molecule has 0 unspecified atom stereocenters. The normalized spacial score (nSPS) is 11.2. The molecule has 3 nitrogen and oxygen atoms in total. The molecule has 21 heavy (non-hydrogen) atoms. The molecule has 2 rings (SSSR count). The minimum Gasteiger partial charge on any atom is -0.484 e. The first-order valence-electron chi connectivity index (χ1n) is 6.17. The van der Waals surface area contributed by atoms with E-state index in [4.69, 9.17) is 10.5 Å². The number of halogens is 3. The monoisotopic (exact) mass is 297 g/mol. The highest BCUT2D eigenvalue weighted by molar-refractivity contribution is 5.48. The number of rotatable bonds is 4. The van der Waals surface area contributed by atoms with Gasteiger partial charge in [0.15, 0.2) is 6.61 Å². The Morgan fingerprint density at radius 1 is 1.05 bits per heavy atom. The van der Waals surface area contributed by atoms with E-state index in [0.717, 1.165) is 5.56 Å². The highest BCUT2D eigenvalue weighted by Gasteiger charge is 2.28. The average molecular weight is 297 g/mol. The Morgan fingerprint density at radius 3 is 2.43 bits per heavy atom. The zero-order valence-corrected chi connectivity index (χ0v) is 11.3. The van der Waals surface area contributed by atoms with Crippen LogP contribution in [-0.4, -0.2) is 12.8 Å². The molecule has 0 saturated heterocycles. The summed E-state index contributed by atoms with van der Waals surface area (Å²) in [4.78, 5) is 0. The van der Waals surface area contributed by atoms with E-state index in [1.54, 1.807) is 30.3 Å². The largest absolute Gasteiger partial charge is 0.484 e. The summed E-state index contributed by atoms with van der Waals surface area (Å²) in [7, 11) is 0. The minimum absolute atomic E-state index is 0.0953. The summed E-state index contributed by atoms with van der Waals surface area (Å²) in [5.74, 6) is 1.07. The molecule has 0 aliphatic carbocycles. The molecule has 0 aromatic heterocycles. The maximum Gasteiger partial charge on any atom is 0.422 e. The summed E-state index contributed by atoms with van der Waals surface area (Å²) in [6, 6.07) is 11.2. The van der Waals surface area contributed by atoms with Gasteiger partial charge in [-0.05, 0) is 42.8 Å². The molecule has 112 valence electrons. The molecule has 0 atom stereocenters. The third-order valence-electron chi connectivity index (χ3n) is 2.63. The number of alkyl halides is 3. The van der Waals surface area contributed by atoms with Gasteiger partial charge in [-0.2, -0.15) is 13.2 Å². The fourth-order valence-corrected chi connectivity index (χ4v) is 1.71. The van der Waals surface area contributed by atoms with Gasteiger partial charge in [-0.1, -0.05) is 6.07 Å². The number of anilines is 1. The molecule has 0 fully saturated rings. The fraction of sp³-hybridized carbons (Fsp3) is 0.200. The van der Waals surface area contributed by atoms with E-state index in [1.165, 1.54) is 12.1 Å². The molecule has 0 aliphatic rings. The minimum atomic E-state index is -4.37. The van der Waals surface area contributed by atoms with Crippen LogP contribution >= 0.6 is 0 Å². The first-order valence-corrected chi connectivity index (χ1v) is 6.17. The van der Waals surface area contributed by atoms with Crippen molar-refractivity contribution in [2.24, 2.45) is 0 Å². The van der Waals surface area contributed by atoms with Crippen molar-refractivity contribution in [3.8, 4) is 17.2 Å². The fourth-order valence-electron chi connectivity index (χ4n) is 1.71. The van der Waals surface area contributed by atoms with E-state index < -0.39 is 12.8 Å². The molecule has 0 spiro atoms. The lowest BCUT2D eigenvalue weighted by molar-refractivity contribution is -0.153. The number of ether oxygens (including phenoxy) is 2. The number of nitrogens with two attached hydrogens (primary N) is 1. The predicted molar refractivity (Wildman–Crippen MR) is 73.7 cm³/mol. The number of hydrogen-bond acceptors (Lipinski definition) is 3. The van der Waals surface area contributed by atoms with Crippen LogP contribution in [0.15, 0.2) is 42.5 Å². The van der Waals surface area contributed by atoms with Crippen molar-refractivity contribution >= 4 is 5.69 Å². The van der Waals surface area contributed by atoms with Crippen molar-refractivity contribution in [3.63, 3.8) is 0 Å². The first kappa shape index (κ1) is 15.0. The zero-order chi connectivity index (χ0) is 15.5. The smallest absolute Gasteiger partial charge is 0.422 e. The lowest BCUT2D eigenvalue weighted by atomic mass is 10.2. The second-order valence-corrected chi connectivity index (χ2v) is 4.51. The van der Waals surface area contributed by atoms with Crippen molar-refractivity contribution in [1.29, 1.82) is 0 Å². The Balaban J connectivity index is 2.10. The number of nitrogen functional groups attached to an aromatic ring is 1. The summed E-state index contributed by atoms with van der Waals surface area (Å²) in [5.41, 5.74) is 7.09. The molecule has 2 N–H and O–H groups in total. The standard InChI is InChI=1S/C15H14F3NO2/c1-10-7-11(19)5-6-14(10)21-13-4-2-3-12(8-13)20-9-15(16,17)18/h2-8H,9,19H2,1H3. The van der Waals surface area contributed by atoms with Crippen LogP contribution in [0.25, 0.3) is 0 Å². The molecule has 6 heteroatoms. The van der Waals surface area contributed by atoms with Gasteiger partial charge in [0, 0.05) is 11.8 Å². The van der Waals surface area contributed by atoms with Crippen LogP contribution in [0.2, 0.25) is 0 Å². The Morgan fingerprint density at radius 2 is 1.76 bits per heavy atom. The summed E-state index contributed by atoms with van der Waals surface area (Å²) in [5, 5.41) is 0. The Labute approximate surface area is 120 Å². The van der Waals surface area contributed by atoms with Crippen molar-refractivity contribution in [3.05, 3.63) is 48.0 Å². The van der Waals surface area contributed by atoms with Crippen LogP contribution in [0.3, 0.4) is 0 Å². The molecular formula is C15H14F3NO2. The summed E-state index contributed by atoms with van der Waals surface area (Å²) in [6.07, 6.45) is -4.37. The topological polar surface area (TPSA) is 44.5 Å². The first-order chi connectivity index (χ1) is 9.83. The number of benzene rings is 2.